The van der Waals surface area contributed by atoms with Crippen molar-refractivity contribution >= 4 is 11.9 Å². The maximum Gasteiger partial charge on any atom is 0.131 e. The Morgan fingerprint density at radius 2 is 1.60 bits per heavy atom. The number of hydrogen-bond donors (Lipinski definition) is 0. The van der Waals surface area contributed by atoms with Crippen molar-refractivity contribution in [3.05, 3.63) is 96.6 Å². The van der Waals surface area contributed by atoms with Crippen LogP contribution < -0.4 is 4.74 Å². The van der Waals surface area contributed by atoms with Gasteiger partial charge in [0.15, 0.2) is 0 Å². The summed E-state index contributed by atoms with van der Waals surface area (Å²) in [5, 5.41) is 0. The molecule has 25 heavy (non-hydrogen) atoms. The fourth-order valence-electron chi connectivity index (χ4n) is 2.79. The molecule has 124 valence electrons. The highest BCUT2D eigenvalue weighted by Crippen LogP contribution is 2.25. The molecule has 0 saturated heterocycles. The van der Waals surface area contributed by atoms with Gasteiger partial charge in [0.05, 0.1) is 12.8 Å². The van der Waals surface area contributed by atoms with Crippen LogP contribution in [0.5, 0.6) is 5.75 Å². The van der Waals surface area contributed by atoms with Crippen LogP contribution in [-0.2, 0) is 6.42 Å². The van der Waals surface area contributed by atoms with Crippen molar-refractivity contribution in [1.82, 2.24) is 0 Å². The summed E-state index contributed by atoms with van der Waals surface area (Å²) in [5.41, 5.74) is 5.38. The minimum atomic E-state index is 0.774. The molecule has 0 N–H and O–H groups in total. The summed E-state index contributed by atoms with van der Waals surface area (Å²) in [6.45, 7) is 3.80. The second-order valence-electron chi connectivity index (χ2n) is 5.70. The lowest BCUT2D eigenvalue weighted by atomic mass is 10.1. The number of ether oxygens (including phenoxy) is 1. The van der Waals surface area contributed by atoms with Crippen molar-refractivity contribution in [3.8, 4) is 16.9 Å². The summed E-state index contributed by atoms with van der Waals surface area (Å²) >= 11 is 0. The van der Waals surface area contributed by atoms with Crippen molar-refractivity contribution in [2.75, 3.05) is 7.11 Å². The highest BCUT2D eigenvalue weighted by molar-refractivity contribution is 5.86. The van der Waals surface area contributed by atoms with E-state index in [1.807, 2.05) is 60.8 Å². The van der Waals surface area contributed by atoms with Crippen LogP contribution in [0.15, 0.2) is 90.4 Å². The monoisotopic (exact) mass is 327 g/mol. The van der Waals surface area contributed by atoms with E-state index in [1.165, 1.54) is 11.1 Å². The number of hydrogen-bond acceptors (Lipinski definition) is 2. The third kappa shape index (κ3) is 4.04. The lowest BCUT2D eigenvalue weighted by molar-refractivity contribution is 0.410. The minimum absolute atomic E-state index is 0.774. The molecule has 2 heteroatoms. The van der Waals surface area contributed by atoms with Gasteiger partial charge < -0.3 is 4.74 Å². The molecule has 0 amide bonds. The Morgan fingerprint density at radius 1 is 0.880 bits per heavy atom. The van der Waals surface area contributed by atoms with Gasteiger partial charge in [0.25, 0.3) is 0 Å². The van der Waals surface area contributed by atoms with Gasteiger partial charge in [-0.05, 0) is 41.3 Å². The molecule has 0 bridgehead atoms. The molecule has 0 unspecified atom stereocenters. The quantitative estimate of drug-likeness (QED) is 0.411. The zero-order valence-corrected chi connectivity index (χ0v) is 14.4. The first kappa shape index (κ1) is 16.7. The minimum Gasteiger partial charge on any atom is -0.496 e. The summed E-state index contributed by atoms with van der Waals surface area (Å²) in [4.78, 5) is 4.59. The van der Waals surface area contributed by atoms with Crippen LogP contribution in [0.3, 0.4) is 0 Å². The number of rotatable bonds is 6. The average molecular weight is 327 g/mol. The Bertz CT molecular complexity index is 864. The van der Waals surface area contributed by atoms with Gasteiger partial charge in [-0.15, -0.1) is 6.58 Å². The molecule has 0 radical (unpaired) electrons. The lowest BCUT2D eigenvalue weighted by Crippen LogP contribution is -1.96. The molecule has 0 aliphatic carbocycles. The molecule has 3 rings (SSSR count). The van der Waals surface area contributed by atoms with Gasteiger partial charge in [-0.25, -0.2) is 0 Å². The van der Waals surface area contributed by atoms with Gasteiger partial charge in [-0.2, -0.15) is 0 Å². The predicted octanol–water partition coefficient (Wildman–Crippen LogP) is 5.84. The van der Waals surface area contributed by atoms with E-state index in [2.05, 4.69) is 35.8 Å². The number of nitrogens with zero attached hydrogens (tertiary/aromatic N) is 1. The first-order chi connectivity index (χ1) is 12.3. The Morgan fingerprint density at radius 3 is 2.28 bits per heavy atom. The first-order valence-electron chi connectivity index (χ1n) is 8.28. The van der Waals surface area contributed by atoms with Gasteiger partial charge in [0.2, 0.25) is 0 Å². The van der Waals surface area contributed by atoms with Crippen LogP contribution in [0.1, 0.15) is 11.1 Å². The standard InChI is InChI=1S/C23H21NO/c1-3-8-20-11-7-12-21(23(20)25-2)17-24-22-15-13-19(14-16-22)18-9-5-4-6-10-18/h3-7,9-17H,1,8H2,2H3. The highest BCUT2D eigenvalue weighted by atomic mass is 16.5. The molecule has 0 aliphatic heterocycles. The van der Waals surface area contributed by atoms with Crippen molar-refractivity contribution in [2.45, 2.75) is 6.42 Å². The van der Waals surface area contributed by atoms with E-state index in [0.29, 0.717) is 0 Å². The SMILES string of the molecule is C=CCc1cccc(C=Nc2ccc(-c3ccccc3)cc2)c1OC. The van der Waals surface area contributed by atoms with Crippen molar-refractivity contribution < 1.29 is 4.74 Å². The van der Waals surface area contributed by atoms with Gasteiger partial charge in [-0.1, -0.05) is 60.7 Å². The largest absolute Gasteiger partial charge is 0.496 e. The molecule has 0 fully saturated rings. The summed E-state index contributed by atoms with van der Waals surface area (Å²) in [6, 6.07) is 24.6. The van der Waals surface area contributed by atoms with Crippen LogP contribution in [0, 0.1) is 0 Å². The Kier molecular flexibility index (Phi) is 5.43. The zero-order chi connectivity index (χ0) is 17.5. The van der Waals surface area contributed by atoms with E-state index >= 15 is 0 Å². The number of allylic oxidation sites excluding steroid dienone is 1. The maximum atomic E-state index is 5.56. The average Bonchev–Trinajstić information content (AvgIpc) is 2.68. The fourth-order valence-corrected chi connectivity index (χ4v) is 2.79. The molecule has 0 spiro atoms. The molecular formula is C23H21NO. The Balaban J connectivity index is 1.83. The van der Waals surface area contributed by atoms with E-state index < -0.39 is 0 Å². The molecule has 2 nitrogen and oxygen atoms in total. The Hall–Kier alpha value is -3.13. The summed E-state index contributed by atoms with van der Waals surface area (Å²) < 4.78 is 5.56. The van der Waals surface area contributed by atoms with Gasteiger partial charge in [-0.3, -0.25) is 4.99 Å². The molecule has 0 aromatic heterocycles. The zero-order valence-electron chi connectivity index (χ0n) is 14.4. The highest BCUT2D eigenvalue weighted by Gasteiger charge is 2.06. The molecule has 0 saturated carbocycles. The maximum absolute atomic E-state index is 5.56. The van der Waals surface area contributed by atoms with Crippen LogP contribution in [0.25, 0.3) is 11.1 Å². The second kappa shape index (κ2) is 8.11. The molecule has 0 heterocycles. The molecular weight excluding hydrogens is 306 g/mol. The topological polar surface area (TPSA) is 21.6 Å². The van der Waals surface area contributed by atoms with Gasteiger partial charge in [0, 0.05) is 11.8 Å². The number of para-hydroxylation sites is 1. The summed E-state index contributed by atoms with van der Waals surface area (Å²) in [6.07, 6.45) is 4.50. The third-order valence-electron chi connectivity index (χ3n) is 4.02. The first-order valence-corrected chi connectivity index (χ1v) is 8.28. The van der Waals surface area contributed by atoms with Gasteiger partial charge in [0.1, 0.15) is 5.75 Å². The predicted molar refractivity (Wildman–Crippen MR) is 106 cm³/mol. The third-order valence-corrected chi connectivity index (χ3v) is 4.02. The van der Waals surface area contributed by atoms with Crippen LogP contribution in [-0.4, -0.2) is 13.3 Å². The van der Waals surface area contributed by atoms with Gasteiger partial charge >= 0.3 is 0 Å². The van der Waals surface area contributed by atoms with Crippen molar-refractivity contribution in [2.24, 2.45) is 4.99 Å². The molecule has 0 atom stereocenters. The van der Waals surface area contributed by atoms with E-state index in [1.54, 1.807) is 7.11 Å². The Labute approximate surface area is 149 Å². The van der Waals surface area contributed by atoms with Crippen molar-refractivity contribution in [3.63, 3.8) is 0 Å². The number of aliphatic imine (C=N–C) groups is 1. The van der Waals surface area contributed by atoms with E-state index in [9.17, 15) is 0 Å². The lowest BCUT2D eigenvalue weighted by Gasteiger charge is -2.09. The van der Waals surface area contributed by atoms with E-state index in [0.717, 1.165) is 29.0 Å². The van der Waals surface area contributed by atoms with Crippen LogP contribution in [0.2, 0.25) is 0 Å². The summed E-state index contributed by atoms with van der Waals surface area (Å²) in [7, 11) is 1.69. The molecule has 3 aromatic rings. The summed E-state index contributed by atoms with van der Waals surface area (Å²) in [5.74, 6) is 0.854. The van der Waals surface area contributed by atoms with E-state index in [4.69, 9.17) is 4.74 Å². The van der Waals surface area contributed by atoms with Crippen LogP contribution in [0.4, 0.5) is 5.69 Å². The fraction of sp³-hybridized carbons (Fsp3) is 0.0870. The second-order valence-corrected chi connectivity index (χ2v) is 5.70. The number of methoxy groups -OCH3 is 1. The number of benzene rings is 3. The van der Waals surface area contributed by atoms with Crippen molar-refractivity contribution in [1.29, 1.82) is 0 Å². The molecule has 3 aromatic carbocycles. The van der Waals surface area contributed by atoms with E-state index in [-0.39, 0.29) is 0 Å². The normalized spacial score (nSPS) is 10.8. The smallest absolute Gasteiger partial charge is 0.131 e. The molecule has 0 aliphatic rings. The van der Waals surface area contributed by atoms with Crippen LogP contribution >= 0.6 is 0 Å².